The monoisotopic (exact) mass is 377 g/mol. The van der Waals surface area contributed by atoms with Crippen molar-refractivity contribution in [2.24, 2.45) is 0 Å². The Bertz CT molecular complexity index is 1030. The average molecular weight is 377 g/mol. The van der Waals surface area contributed by atoms with Crippen LogP contribution in [0.15, 0.2) is 48.5 Å². The molecule has 1 aliphatic heterocycles. The number of benzene rings is 2. The van der Waals surface area contributed by atoms with Crippen LogP contribution in [0, 0.1) is 13.8 Å². The molecule has 1 unspecified atom stereocenters. The van der Waals surface area contributed by atoms with E-state index in [1.807, 2.05) is 62.4 Å². The van der Waals surface area contributed by atoms with Gasteiger partial charge >= 0.3 is 5.97 Å². The summed E-state index contributed by atoms with van der Waals surface area (Å²) in [5.74, 6) is -1.19. The molecule has 27 heavy (non-hydrogen) atoms. The van der Waals surface area contributed by atoms with Crippen LogP contribution < -0.4 is 5.32 Å². The highest BCUT2D eigenvalue weighted by molar-refractivity contribution is 7.15. The van der Waals surface area contributed by atoms with Gasteiger partial charge in [-0.1, -0.05) is 59.7 Å². The molecule has 0 aliphatic carbocycles. The minimum absolute atomic E-state index is 0.0869. The van der Waals surface area contributed by atoms with Crippen LogP contribution in [-0.2, 0) is 4.79 Å². The molecule has 0 bridgehead atoms. The van der Waals surface area contributed by atoms with Crippen LogP contribution in [0.5, 0.6) is 0 Å². The third-order valence-electron chi connectivity index (χ3n) is 4.92. The van der Waals surface area contributed by atoms with Crippen molar-refractivity contribution in [2.45, 2.75) is 26.2 Å². The van der Waals surface area contributed by atoms with Gasteiger partial charge in [-0.05, 0) is 25.0 Å². The van der Waals surface area contributed by atoms with Gasteiger partial charge in [-0.15, -0.1) is 11.3 Å². The first-order valence-corrected chi connectivity index (χ1v) is 9.59. The largest absolute Gasteiger partial charge is 0.477 e. The Kier molecular flexibility index (Phi) is 4.32. The topological polar surface area (TPSA) is 66.4 Å². The number of fused-ring (bicyclic) bond motifs is 1. The van der Waals surface area contributed by atoms with Gasteiger partial charge in [0.05, 0.1) is 5.69 Å². The molecule has 0 saturated carbocycles. The fourth-order valence-corrected chi connectivity index (χ4v) is 4.75. The van der Waals surface area contributed by atoms with E-state index in [1.165, 1.54) is 11.3 Å². The average Bonchev–Trinajstić information content (AvgIpc) is 3.02. The zero-order valence-electron chi connectivity index (χ0n) is 15.1. The molecule has 4 nitrogen and oxygen atoms in total. The maximum Gasteiger partial charge on any atom is 0.346 e. The summed E-state index contributed by atoms with van der Waals surface area (Å²) in [6, 6.07) is 15.8. The quantitative estimate of drug-likeness (QED) is 0.659. The Morgan fingerprint density at radius 2 is 1.63 bits per heavy atom. The van der Waals surface area contributed by atoms with Crippen molar-refractivity contribution in [3.63, 3.8) is 0 Å². The number of thiophene rings is 1. The van der Waals surface area contributed by atoms with Crippen molar-refractivity contribution in [3.05, 3.63) is 75.0 Å². The number of carboxylic acids is 1. The van der Waals surface area contributed by atoms with E-state index in [0.717, 1.165) is 27.1 Å². The molecule has 4 rings (SSSR count). The Balaban J connectivity index is 1.92. The molecule has 136 valence electrons. The Morgan fingerprint density at radius 3 is 2.22 bits per heavy atom. The van der Waals surface area contributed by atoms with Crippen molar-refractivity contribution >= 4 is 28.9 Å². The Hall–Kier alpha value is -2.92. The van der Waals surface area contributed by atoms with Crippen LogP contribution in [0.1, 0.15) is 43.6 Å². The molecule has 3 aromatic rings. The summed E-state index contributed by atoms with van der Waals surface area (Å²) in [5, 5.41) is 12.7. The van der Waals surface area contributed by atoms with E-state index >= 15 is 0 Å². The van der Waals surface area contributed by atoms with Gasteiger partial charge in [0, 0.05) is 22.8 Å². The summed E-state index contributed by atoms with van der Waals surface area (Å²) in [7, 11) is 0. The Morgan fingerprint density at radius 1 is 1.04 bits per heavy atom. The number of aryl methyl sites for hydroxylation is 2. The zero-order chi connectivity index (χ0) is 19.1. The number of rotatable bonds is 3. The third kappa shape index (κ3) is 3.15. The summed E-state index contributed by atoms with van der Waals surface area (Å²) >= 11 is 1.26. The Labute approximate surface area is 161 Å². The maximum atomic E-state index is 12.4. The summed E-state index contributed by atoms with van der Waals surface area (Å²) < 4.78 is 0. The smallest absolute Gasteiger partial charge is 0.346 e. The van der Waals surface area contributed by atoms with Crippen LogP contribution >= 0.6 is 11.3 Å². The van der Waals surface area contributed by atoms with E-state index in [4.69, 9.17) is 0 Å². The predicted molar refractivity (Wildman–Crippen MR) is 108 cm³/mol. The van der Waals surface area contributed by atoms with Gasteiger partial charge in [0.1, 0.15) is 4.88 Å². The van der Waals surface area contributed by atoms with E-state index in [1.54, 1.807) is 0 Å². The molecule has 0 fully saturated rings. The van der Waals surface area contributed by atoms with E-state index in [0.29, 0.717) is 17.7 Å². The van der Waals surface area contributed by atoms with Gasteiger partial charge in [-0.25, -0.2) is 4.79 Å². The van der Waals surface area contributed by atoms with Crippen molar-refractivity contribution in [1.29, 1.82) is 0 Å². The zero-order valence-corrected chi connectivity index (χ0v) is 15.9. The van der Waals surface area contributed by atoms with Crippen LogP contribution in [0.3, 0.4) is 0 Å². The molecule has 5 heteroatoms. The van der Waals surface area contributed by atoms with Crippen molar-refractivity contribution in [3.8, 4) is 11.1 Å². The number of aromatic carboxylic acids is 1. The molecule has 0 saturated heterocycles. The second kappa shape index (κ2) is 6.67. The van der Waals surface area contributed by atoms with Crippen LogP contribution in [0.4, 0.5) is 5.69 Å². The molecule has 0 spiro atoms. The van der Waals surface area contributed by atoms with Gasteiger partial charge in [-0.2, -0.15) is 0 Å². The summed E-state index contributed by atoms with van der Waals surface area (Å²) in [6.07, 6.45) is 0.322. The third-order valence-corrected chi connectivity index (χ3v) is 6.21. The molecular formula is C22H19NO3S. The maximum absolute atomic E-state index is 12.4. The van der Waals surface area contributed by atoms with E-state index < -0.39 is 5.97 Å². The lowest BCUT2D eigenvalue weighted by atomic mass is 9.88. The lowest BCUT2D eigenvalue weighted by Gasteiger charge is -2.24. The molecular weight excluding hydrogens is 358 g/mol. The first kappa shape index (κ1) is 17.5. The lowest BCUT2D eigenvalue weighted by molar-refractivity contribution is -0.116. The molecule has 2 N–H and O–H groups in total. The standard InChI is InChI=1S/C22H19NO3S/c1-12-3-7-14(8-4-12)16-11-17(24)23-19-18(15-9-5-13(2)6-10-15)21(22(25)26)27-20(16)19/h3-10,16H,11H2,1-2H3,(H,23,24)(H,25,26). The van der Waals surface area contributed by atoms with Crippen LogP contribution in [-0.4, -0.2) is 17.0 Å². The number of carbonyl (C=O) groups is 2. The molecule has 2 aromatic carbocycles. The summed E-state index contributed by atoms with van der Waals surface area (Å²) in [6.45, 7) is 4.01. The molecule has 0 radical (unpaired) electrons. The normalized spacial score (nSPS) is 15.9. The second-order valence-electron chi connectivity index (χ2n) is 6.93. The number of nitrogens with one attached hydrogen (secondary N) is 1. The number of hydrogen-bond acceptors (Lipinski definition) is 3. The molecule has 1 aliphatic rings. The summed E-state index contributed by atoms with van der Waals surface area (Å²) in [5.41, 5.74) is 5.33. The van der Waals surface area contributed by atoms with Crippen molar-refractivity contribution in [1.82, 2.24) is 0 Å². The first-order chi connectivity index (χ1) is 12.9. The fraction of sp³-hybridized carbons (Fsp3) is 0.182. The van der Waals surface area contributed by atoms with E-state index in [-0.39, 0.29) is 16.7 Å². The molecule has 1 aromatic heterocycles. The summed E-state index contributed by atoms with van der Waals surface area (Å²) in [4.78, 5) is 25.6. The molecule has 1 amide bonds. The van der Waals surface area contributed by atoms with Gasteiger partial charge in [-0.3, -0.25) is 4.79 Å². The highest BCUT2D eigenvalue weighted by Gasteiger charge is 2.34. The highest BCUT2D eigenvalue weighted by Crippen LogP contribution is 2.49. The highest BCUT2D eigenvalue weighted by atomic mass is 32.1. The van der Waals surface area contributed by atoms with Gasteiger partial charge in [0.2, 0.25) is 5.91 Å². The fourth-order valence-electron chi connectivity index (χ4n) is 3.50. The minimum atomic E-state index is -0.970. The number of hydrogen-bond donors (Lipinski definition) is 2. The van der Waals surface area contributed by atoms with Gasteiger partial charge < -0.3 is 10.4 Å². The minimum Gasteiger partial charge on any atom is -0.477 e. The van der Waals surface area contributed by atoms with E-state index in [2.05, 4.69) is 5.32 Å². The van der Waals surface area contributed by atoms with Gasteiger partial charge in [0.15, 0.2) is 0 Å². The number of amides is 1. The van der Waals surface area contributed by atoms with Crippen LogP contribution in [0.2, 0.25) is 0 Å². The number of carbonyl (C=O) groups excluding carboxylic acids is 1. The van der Waals surface area contributed by atoms with Crippen molar-refractivity contribution < 1.29 is 14.7 Å². The first-order valence-electron chi connectivity index (χ1n) is 8.77. The van der Waals surface area contributed by atoms with Gasteiger partial charge in [0.25, 0.3) is 0 Å². The number of carboxylic acid groups (broad SMARTS) is 1. The number of anilines is 1. The SMILES string of the molecule is Cc1ccc(-c2c(C(=O)O)sc3c2NC(=O)CC3c2ccc(C)cc2)cc1. The van der Waals surface area contributed by atoms with Crippen LogP contribution in [0.25, 0.3) is 11.1 Å². The predicted octanol–water partition coefficient (Wildman–Crippen LogP) is 5.20. The lowest BCUT2D eigenvalue weighted by Crippen LogP contribution is -2.22. The second-order valence-corrected chi connectivity index (χ2v) is 7.98. The van der Waals surface area contributed by atoms with E-state index in [9.17, 15) is 14.7 Å². The molecule has 1 atom stereocenters. The molecule has 2 heterocycles. The van der Waals surface area contributed by atoms with Crippen molar-refractivity contribution in [2.75, 3.05) is 5.32 Å².